The van der Waals surface area contributed by atoms with Crippen molar-refractivity contribution in [2.24, 2.45) is 0 Å². The van der Waals surface area contributed by atoms with E-state index in [1.165, 1.54) is 24.3 Å². The molecule has 0 fully saturated rings. The molecule has 4 heteroatoms. The number of carbonyl (C=O) groups is 2. The average Bonchev–Trinajstić information content (AvgIpc) is 2.46. The molecule has 20 heavy (non-hydrogen) atoms. The van der Waals surface area contributed by atoms with E-state index in [4.69, 9.17) is 10.2 Å². The van der Waals surface area contributed by atoms with E-state index in [9.17, 15) is 9.59 Å². The summed E-state index contributed by atoms with van der Waals surface area (Å²) in [6.07, 6.45) is 3.67. The van der Waals surface area contributed by atoms with Crippen molar-refractivity contribution in [3.63, 3.8) is 0 Å². The first-order valence-corrected chi connectivity index (χ1v) is 5.91. The minimum atomic E-state index is -0.954. The van der Waals surface area contributed by atoms with Crippen LogP contribution >= 0.6 is 0 Å². The van der Waals surface area contributed by atoms with Crippen LogP contribution in [0.3, 0.4) is 0 Å². The normalized spacial score (nSPS) is 10.6. The van der Waals surface area contributed by atoms with Crippen molar-refractivity contribution in [2.75, 3.05) is 0 Å². The van der Waals surface area contributed by atoms with Gasteiger partial charge in [0.15, 0.2) is 0 Å². The molecule has 0 saturated heterocycles. The van der Waals surface area contributed by atoms with Crippen molar-refractivity contribution in [1.82, 2.24) is 0 Å². The molecule has 0 aromatic heterocycles. The first-order valence-electron chi connectivity index (χ1n) is 5.91. The van der Waals surface area contributed by atoms with Gasteiger partial charge in [-0.2, -0.15) is 0 Å². The van der Waals surface area contributed by atoms with Crippen molar-refractivity contribution in [2.45, 2.75) is 0 Å². The zero-order chi connectivity index (χ0) is 14.5. The van der Waals surface area contributed by atoms with Gasteiger partial charge in [-0.25, -0.2) is 9.59 Å². The standard InChI is InChI=1S/C16H12O4/c17-15(18)13-7-3-11(4-8-13)1-2-12-5-9-14(10-6-12)16(19)20/h1-10H,(H,17,18)(H,19,20)/b2-1-. The van der Waals surface area contributed by atoms with E-state index in [-0.39, 0.29) is 11.1 Å². The summed E-state index contributed by atoms with van der Waals surface area (Å²) in [6, 6.07) is 13.0. The zero-order valence-corrected chi connectivity index (χ0v) is 10.5. The Morgan fingerprint density at radius 2 is 0.950 bits per heavy atom. The monoisotopic (exact) mass is 268 g/mol. The number of carboxylic acids is 2. The molecule has 4 nitrogen and oxygen atoms in total. The molecule has 0 unspecified atom stereocenters. The Kier molecular flexibility index (Phi) is 3.96. The maximum absolute atomic E-state index is 10.7. The van der Waals surface area contributed by atoms with E-state index >= 15 is 0 Å². The molecular weight excluding hydrogens is 256 g/mol. The van der Waals surface area contributed by atoms with Gasteiger partial charge < -0.3 is 10.2 Å². The van der Waals surface area contributed by atoms with Gasteiger partial charge in [-0.05, 0) is 35.4 Å². The van der Waals surface area contributed by atoms with Gasteiger partial charge in [-0.1, -0.05) is 36.4 Å². The Hall–Kier alpha value is -2.88. The third kappa shape index (κ3) is 3.32. The predicted molar refractivity (Wildman–Crippen MR) is 75.7 cm³/mol. The molecule has 0 radical (unpaired) electrons. The first-order chi connectivity index (χ1) is 9.56. The average molecular weight is 268 g/mol. The molecule has 0 bridgehead atoms. The lowest BCUT2D eigenvalue weighted by Crippen LogP contribution is -1.95. The van der Waals surface area contributed by atoms with Gasteiger partial charge in [-0.3, -0.25) is 0 Å². The highest BCUT2D eigenvalue weighted by Crippen LogP contribution is 2.11. The Morgan fingerprint density at radius 3 is 1.20 bits per heavy atom. The largest absolute Gasteiger partial charge is 0.478 e. The second-order valence-electron chi connectivity index (χ2n) is 4.19. The van der Waals surface area contributed by atoms with E-state index in [1.807, 2.05) is 12.2 Å². The topological polar surface area (TPSA) is 74.6 Å². The summed E-state index contributed by atoms with van der Waals surface area (Å²) in [6.45, 7) is 0. The van der Waals surface area contributed by atoms with Crippen molar-refractivity contribution in [3.8, 4) is 0 Å². The van der Waals surface area contributed by atoms with Crippen molar-refractivity contribution >= 4 is 24.1 Å². The van der Waals surface area contributed by atoms with E-state index in [0.717, 1.165) is 11.1 Å². The van der Waals surface area contributed by atoms with E-state index < -0.39 is 11.9 Å². The lowest BCUT2D eigenvalue weighted by molar-refractivity contribution is 0.0686. The first kappa shape index (κ1) is 13.5. The van der Waals surface area contributed by atoms with E-state index in [2.05, 4.69) is 0 Å². The van der Waals surface area contributed by atoms with Gasteiger partial charge in [-0.15, -0.1) is 0 Å². The third-order valence-corrected chi connectivity index (χ3v) is 2.78. The summed E-state index contributed by atoms with van der Waals surface area (Å²) in [4.78, 5) is 21.4. The lowest BCUT2D eigenvalue weighted by atomic mass is 10.1. The predicted octanol–water partition coefficient (Wildman–Crippen LogP) is 3.25. The third-order valence-electron chi connectivity index (χ3n) is 2.78. The molecule has 0 aliphatic rings. The van der Waals surface area contributed by atoms with Crippen LogP contribution in [0.15, 0.2) is 48.5 Å². The number of hydrogen-bond donors (Lipinski definition) is 2. The van der Waals surface area contributed by atoms with Crippen LogP contribution in [-0.4, -0.2) is 22.2 Å². The van der Waals surface area contributed by atoms with Crippen LogP contribution in [0.1, 0.15) is 31.8 Å². The molecule has 0 atom stereocenters. The fourth-order valence-electron chi connectivity index (χ4n) is 1.67. The molecule has 0 aliphatic heterocycles. The fourth-order valence-corrected chi connectivity index (χ4v) is 1.67. The maximum Gasteiger partial charge on any atom is 0.335 e. The van der Waals surface area contributed by atoms with Crippen molar-refractivity contribution in [3.05, 3.63) is 70.8 Å². The van der Waals surface area contributed by atoms with Crippen LogP contribution in [0.2, 0.25) is 0 Å². The summed E-state index contributed by atoms with van der Waals surface area (Å²) in [7, 11) is 0. The minimum Gasteiger partial charge on any atom is -0.478 e. The smallest absolute Gasteiger partial charge is 0.335 e. The van der Waals surface area contributed by atoms with Crippen molar-refractivity contribution in [1.29, 1.82) is 0 Å². The summed E-state index contributed by atoms with van der Waals surface area (Å²) in [5.74, 6) is -1.91. The molecule has 0 aliphatic carbocycles. The molecule has 0 amide bonds. The molecule has 0 saturated carbocycles. The number of rotatable bonds is 4. The number of aromatic carboxylic acids is 2. The highest BCUT2D eigenvalue weighted by atomic mass is 16.4. The number of carboxylic acid groups (broad SMARTS) is 2. The van der Waals surface area contributed by atoms with E-state index in [1.54, 1.807) is 24.3 Å². The van der Waals surface area contributed by atoms with Crippen LogP contribution in [-0.2, 0) is 0 Å². The molecule has 2 rings (SSSR count). The summed E-state index contributed by atoms with van der Waals surface area (Å²) >= 11 is 0. The molecule has 0 spiro atoms. The van der Waals surface area contributed by atoms with Crippen LogP contribution in [0.25, 0.3) is 12.2 Å². The highest BCUT2D eigenvalue weighted by molar-refractivity contribution is 5.88. The number of benzene rings is 2. The molecule has 0 heterocycles. The van der Waals surface area contributed by atoms with Crippen LogP contribution < -0.4 is 0 Å². The van der Waals surface area contributed by atoms with Crippen molar-refractivity contribution < 1.29 is 19.8 Å². The molecule has 2 aromatic rings. The fraction of sp³-hybridized carbons (Fsp3) is 0. The van der Waals surface area contributed by atoms with Gasteiger partial charge in [0.1, 0.15) is 0 Å². The Morgan fingerprint density at radius 1 is 0.650 bits per heavy atom. The van der Waals surface area contributed by atoms with E-state index in [0.29, 0.717) is 0 Å². The second kappa shape index (κ2) is 5.84. The molecular formula is C16H12O4. The van der Waals surface area contributed by atoms with Gasteiger partial charge >= 0.3 is 11.9 Å². The van der Waals surface area contributed by atoms with Gasteiger partial charge in [0, 0.05) is 0 Å². The zero-order valence-electron chi connectivity index (χ0n) is 10.5. The highest BCUT2D eigenvalue weighted by Gasteiger charge is 2.01. The van der Waals surface area contributed by atoms with Crippen LogP contribution in [0.4, 0.5) is 0 Å². The molecule has 2 aromatic carbocycles. The summed E-state index contributed by atoms with van der Waals surface area (Å²) in [5.41, 5.74) is 2.23. The lowest BCUT2D eigenvalue weighted by Gasteiger charge is -1.97. The Labute approximate surface area is 115 Å². The summed E-state index contributed by atoms with van der Waals surface area (Å²) < 4.78 is 0. The van der Waals surface area contributed by atoms with Gasteiger partial charge in [0.05, 0.1) is 11.1 Å². The number of hydrogen-bond acceptors (Lipinski definition) is 2. The van der Waals surface area contributed by atoms with Gasteiger partial charge in [0.2, 0.25) is 0 Å². The Bertz CT molecular complexity index is 592. The quantitative estimate of drug-likeness (QED) is 0.835. The van der Waals surface area contributed by atoms with Crippen LogP contribution in [0.5, 0.6) is 0 Å². The SMILES string of the molecule is O=C(O)c1ccc(/C=C\c2ccc(C(=O)O)cc2)cc1. The van der Waals surface area contributed by atoms with Gasteiger partial charge in [0.25, 0.3) is 0 Å². The maximum atomic E-state index is 10.7. The minimum absolute atomic E-state index is 0.243. The second-order valence-corrected chi connectivity index (χ2v) is 4.19. The molecule has 2 N–H and O–H groups in total. The summed E-state index contributed by atoms with van der Waals surface area (Å²) in [5, 5.41) is 17.6. The van der Waals surface area contributed by atoms with Crippen LogP contribution in [0, 0.1) is 0 Å². The molecule has 100 valence electrons. The Balaban J connectivity index is 2.12.